The van der Waals surface area contributed by atoms with Crippen molar-refractivity contribution in [2.75, 3.05) is 0 Å². The van der Waals surface area contributed by atoms with Crippen LogP contribution in [0.25, 0.3) is 0 Å². The fourth-order valence-electron chi connectivity index (χ4n) is 2.11. The predicted molar refractivity (Wildman–Crippen MR) is 68.0 cm³/mol. The Bertz CT molecular complexity index is 495. The lowest BCUT2D eigenvalue weighted by Crippen LogP contribution is -2.36. The smallest absolute Gasteiger partial charge is 0.339 e. The van der Waals surface area contributed by atoms with E-state index in [-0.39, 0.29) is 24.2 Å². The van der Waals surface area contributed by atoms with E-state index in [0.29, 0.717) is 17.4 Å². The van der Waals surface area contributed by atoms with Crippen LogP contribution in [0.1, 0.15) is 41.6 Å². The monoisotopic (exact) mass is 266 g/mol. The second-order valence-corrected chi connectivity index (χ2v) is 4.83. The van der Waals surface area contributed by atoms with Gasteiger partial charge < -0.3 is 20.2 Å². The first-order chi connectivity index (χ1) is 9.01. The van der Waals surface area contributed by atoms with Crippen molar-refractivity contribution in [3.8, 4) is 0 Å². The number of carboxylic acid groups (broad SMARTS) is 1. The molecule has 6 heteroatoms. The number of rotatable bonds is 5. The predicted octanol–water partition coefficient (Wildman–Crippen LogP) is 1.88. The maximum atomic E-state index is 11.6. The van der Waals surface area contributed by atoms with Crippen LogP contribution in [0.5, 0.6) is 0 Å². The zero-order valence-corrected chi connectivity index (χ0v) is 11.0. The molecule has 2 atom stereocenters. The van der Waals surface area contributed by atoms with Crippen molar-refractivity contribution in [1.29, 1.82) is 0 Å². The lowest BCUT2D eigenvalue weighted by Gasteiger charge is -2.05. The second-order valence-electron chi connectivity index (χ2n) is 4.83. The molecule has 1 heterocycles. The molecule has 0 aliphatic heterocycles. The summed E-state index contributed by atoms with van der Waals surface area (Å²) in [5.74, 6) is 0.349. The number of urea groups is 1. The van der Waals surface area contributed by atoms with Gasteiger partial charge in [-0.2, -0.15) is 0 Å². The van der Waals surface area contributed by atoms with Gasteiger partial charge in [-0.3, -0.25) is 0 Å². The van der Waals surface area contributed by atoms with E-state index in [1.54, 1.807) is 6.92 Å². The van der Waals surface area contributed by atoms with Crippen molar-refractivity contribution in [1.82, 2.24) is 10.6 Å². The third-order valence-corrected chi connectivity index (χ3v) is 3.39. The number of nitrogens with one attached hydrogen (secondary N) is 2. The number of amides is 2. The van der Waals surface area contributed by atoms with E-state index >= 15 is 0 Å². The molecule has 1 aliphatic carbocycles. The molecule has 19 heavy (non-hydrogen) atoms. The Morgan fingerprint density at radius 2 is 2.26 bits per heavy atom. The Morgan fingerprint density at radius 3 is 2.79 bits per heavy atom. The molecule has 0 saturated heterocycles. The van der Waals surface area contributed by atoms with Crippen LogP contribution in [0.2, 0.25) is 0 Å². The molecule has 0 spiro atoms. The van der Waals surface area contributed by atoms with Crippen LogP contribution >= 0.6 is 0 Å². The summed E-state index contributed by atoms with van der Waals surface area (Å²) in [5, 5.41) is 14.4. The lowest BCUT2D eigenvalue weighted by molar-refractivity contribution is 0.0695. The van der Waals surface area contributed by atoms with Crippen molar-refractivity contribution in [3.63, 3.8) is 0 Å². The molecule has 1 saturated carbocycles. The van der Waals surface area contributed by atoms with E-state index in [1.807, 2.05) is 0 Å². The molecule has 104 valence electrons. The summed E-state index contributed by atoms with van der Waals surface area (Å²) in [6.45, 7) is 3.87. The standard InChI is InChI=1S/C13H18N2O4/c1-3-8-4-11(8)15-13(18)14-6-9-5-10(12(16)17)7(2)19-9/h5,8,11H,3-4,6H2,1-2H3,(H,16,17)(H2,14,15,18). The van der Waals surface area contributed by atoms with E-state index in [2.05, 4.69) is 17.6 Å². The minimum absolute atomic E-state index is 0.130. The molecule has 1 aromatic heterocycles. The van der Waals surface area contributed by atoms with Gasteiger partial charge in [0.2, 0.25) is 0 Å². The topological polar surface area (TPSA) is 91.6 Å². The molecule has 6 nitrogen and oxygen atoms in total. The molecule has 0 aromatic carbocycles. The van der Waals surface area contributed by atoms with Gasteiger partial charge in [-0.25, -0.2) is 9.59 Å². The van der Waals surface area contributed by atoms with Crippen molar-refractivity contribution in [2.24, 2.45) is 5.92 Å². The zero-order valence-electron chi connectivity index (χ0n) is 11.0. The summed E-state index contributed by atoms with van der Waals surface area (Å²) in [4.78, 5) is 22.4. The van der Waals surface area contributed by atoms with Crippen LogP contribution in [0.3, 0.4) is 0 Å². The minimum Gasteiger partial charge on any atom is -0.478 e. The molecule has 2 unspecified atom stereocenters. The highest BCUT2D eigenvalue weighted by atomic mass is 16.4. The van der Waals surface area contributed by atoms with E-state index in [1.165, 1.54) is 6.07 Å². The highest BCUT2D eigenvalue weighted by Crippen LogP contribution is 2.32. The van der Waals surface area contributed by atoms with Gasteiger partial charge in [-0.15, -0.1) is 0 Å². The van der Waals surface area contributed by atoms with E-state index in [9.17, 15) is 9.59 Å². The molecule has 0 radical (unpaired) electrons. The lowest BCUT2D eigenvalue weighted by atomic mass is 10.2. The number of hydrogen-bond acceptors (Lipinski definition) is 3. The summed E-state index contributed by atoms with van der Waals surface area (Å²) in [6, 6.07) is 1.47. The highest BCUT2D eigenvalue weighted by Gasteiger charge is 2.36. The maximum absolute atomic E-state index is 11.6. The largest absolute Gasteiger partial charge is 0.478 e. The third kappa shape index (κ3) is 3.27. The normalized spacial score (nSPS) is 20.9. The molecule has 2 amide bonds. The number of carbonyl (C=O) groups excluding carboxylic acids is 1. The van der Waals surface area contributed by atoms with Crippen molar-refractivity contribution < 1.29 is 19.1 Å². The quantitative estimate of drug-likeness (QED) is 0.758. The van der Waals surface area contributed by atoms with Gasteiger partial charge in [-0.1, -0.05) is 13.3 Å². The Hall–Kier alpha value is -1.98. The van der Waals surface area contributed by atoms with E-state index in [0.717, 1.165) is 12.8 Å². The van der Waals surface area contributed by atoms with Crippen LogP contribution in [0.15, 0.2) is 10.5 Å². The van der Waals surface area contributed by atoms with Crippen molar-refractivity contribution in [2.45, 2.75) is 39.3 Å². The van der Waals surface area contributed by atoms with Crippen molar-refractivity contribution >= 4 is 12.0 Å². The van der Waals surface area contributed by atoms with E-state index in [4.69, 9.17) is 9.52 Å². The van der Waals surface area contributed by atoms with E-state index < -0.39 is 5.97 Å². The van der Waals surface area contributed by atoms with Gasteiger partial charge >= 0.3 is 12.0 Å². The summed E-state index contributed by atoms with van der Waals surface area (Å²) >= 11 is 0. The van der Waals surface area contributed by atoms with Gasteiger partial charge in [0, 0.05) is 6.04 Å². The fourth-order valence-corrected chi connectivity index (χ4v) is 2.11. The summed E-state index contributed by atoms with van der Waals surface area (Å²) < 4.78 is 5.27. The van der Waals surface area contributed by atoms with Crippen LogP contribution < -0.4 is 10.6 Å². The molecular formula is C13H18N2O4. The van der Waals surface area contributed by atoms with Gasteiger partial charge in [0.15, 0.2) is 0 Å². The van der Waals surface area contributed by atoms with Gasteiger partial charge in [0.1, 0.15) is 17.1 Å². The first kappa shape index (κ1) is 13.5. The Kier molecular flexibility index (Phi) is 3.78. The second kappa shape index (κ2) is 5.34. The molecule has 1 aliphatic rings. The molecule has 0 bridgehead atoms. The Balaban J connectivity index is 1.80. The number of aromatic carboxylic acids is 1. The first-order valence-electron chi connectivity index (χ1n) is 6.38. The fraction of sp³-hybridized carbons (Fsp3) is 0.538. The number of furan rings is 1. The summed E-state index contributed by atoms with van der Waals surface area (Å²) in [7, 11) is 0. The third-order valence-electron chi connectivity index (χ3n) is 3.39. The zero-order chi connectivity index (χ0) is 14.0. The SMILES string of the molecule is CCC1CC1NC(=O)NCc1cc(C(=O)O)c(C)o1. The van der Waals surface area contributed by atoms with Crippen LogP contribution in [-0.4, -0.2) is 23.1 Å². The van der Waals surface area contributed by atoms with Crippen LogP contribution in [0.4, 0.5) is 4.79 Å². The Morgan fingerprint density at radius 1 is 1.53 bits per heavy atom. The number of hydrogen-bond donors (Lipinski definition) is 3. The van der Waals surface area contributed by atoms with Crippen LogP contribution in [0, 0.1) is 12.8 Å². The van der Waals surface area contributed by atoms with Gasteiger partial charge in [0.25, 0.3) is 0 Å². The molecule has 3 N–H and O–H groups in total. The summed E-state index contributed by atoms with van der Waals surface area (Å²) in [6.07, 6.45) is 2.11. The maximum Gasteiger partial charge on any atom is 0.339 e. The molecule has 1 aromatic rings. The number of carboxylic acids is 1. The average Bonchev–Trinajstić information content (AvgIpc) is 2.99. The number of carbonyl (C=O) groups is 2. The van der Waals surface area contributed by atoms with Crippen LogP contribution in [-0.2, 0) is 6.54 Å². The Labute approximate surface area is 111 Å². The molecular weight excluding hydrogens is 248 g/mol. The number of aryl methyl sites for hydroxylation is 1. The minimum atomic E-state index is -1.03. The van der Waals surface area contributed by atoms with Gasteiger partial charge in [0.05, 0.1) is 6.54 Å². The van der Waals surface area contributed by atoms with Crippen molar-refractivity contribution in [3.05, 3.63) is 23.2 Å². The summed E-state index contributed by atoms with van der Waals surface area (Å²) in [5.41, 5.74) is 0.130. The molecule has 1 fully saturated rings. The van der Waals surface area contributed by atoms with Gasteiger partial charge in [-0.05, 0) is 25.3 Å². The first-order valence-corrected chi connectivity index (χ1v) is 6.38. The average molecular weight is 266 g/mol. The molecule has 2 rings (SSSR count). The highest BCUT2D eigenvalue weighted by molar-refractivity contribution is 5.88.